The van der Waals surface area contributed by atoms with E-state index in [0.29, 0.717) is 5.56 Å². The molecule has 2 rings (SSSR count). The molecule has 0 aliphatic heterocycles. The van der Waals surface area contributed by atoms with E-state index in [1.54, 1.807) is 6.20 Å². The fourth-order valence-electron chi connectivity index (χ4n) is 1.99. The summed E-state index contributed by atoms with van der Waals surface area (Å²) in [4.78, 5) is 26.2. The molecule has 2 aromatic rings. The number of amides is 1. The zero-order valence-corrected chi connectivity index (χ0v) is 11.1. The average molecular weight is 276 g/mol. The molecular weight excluding hydrogens is 260 g/mol. The molecule has 1 atom stereocenters. The van der Waals surface area contributed by atoms with Crippen molar-refractivity contribution in [3.8, 4) is 0 Å². The van der Waals surface area contributed by atoms with Crippen LogP contribution in [0.15, 0.2) is 30.5 Å². The normalized spacial score (nSPS) is 12.2. The van der Waals surface area contributed by atoms with Gasteiger partial charge in [0.25, 0.3) is 5.91 Å². The quantitative estimate of drug-likeness (QED) is 0.743. The molecule has 1 aromatic heterocycles. The Hall–Kier alpha value is -2.34. The number of carboxylic acids is 1. The highest BCUT2D eigenvalue weighted by molar-refractivity contribution is 6.07. The van der Waals surface area contributed by atoms with E-state index >= 15 is 0 Å². The highest BCUT2D eigenvalue weighted by atomic mass is 16.5. The van der Waals surface area contributed by atoms with Crippen molar-refractivity contribution in [2.75, 3.05) is 13.7 Å². The molecule has 0 bridgehead atoms. The van der Waals surface area contributed by atoms with Crippen molar-refractivity contribution in [3.63, 3.8) is 0 Å². The van der Waals surface area contributed by atoms with Crippen LogP contribution in [-0.4, -0.2) is 41.7 Å². The number of fused-ring (bicyclic) bond motifs is 1. The summed E-state index contributed by atoms with van der Waals surface area (Å²) in [5.74, 6) is -1.49. The minimum atomic E-state index is -1.07. The summed E-state index contributed by atoms with van der Waals surface area (Å²) < 4.78 is 4.84. The third kappa shape index (κ3) is 2.97. The van der Waals surface area contributed by atoms with Gasteiger partial charge in [-0.05, 0) is 6.07 Å². The molecule has 0 saturated heterocycles. The predicted molar refractivity (Wildman–Crippen MR) is 73.7 cm³/mol. The Morgan fingerprint density at radius 1 is 1.40 bits per heavy atom. The maximum absolute atomic E-state index is 12.2. The van der Waals surface area contributed by atoms with Gasteiger partial charge in [0.2, 0.25) is 0 Å². The first kappa shape index (κ1) is 14.1. The van der Waals surface area contributed by atoms with Gasteiger partial charge in [0.05, 0.1) is 5.56 Å². The molecule has 6 nitrogen and oxygen atoms in total. The fraction of sp³-hybridized carbons (Fsp3) is 0.286. The number of methoxy groups -OCH3 is 1. The Morgan fingerprint density at radius 3 is 2.85 bits per heavy atom. The van der Waals surface area contributed by atoms with Crippen molar-refractivity contribution in [3.05, 3.63) is 36.0 Å². The molecule has 0 radical (unpaired) electrons. The van der Waals surface area contributed by atoms with Crippen molar-refractivity contribution >= 4 is 22.8 Å². The van der Waals surface area contributed by atoms with Crippen molar-refractivity contribution in [2.45, 2.75) is 12.5 Å². The van der Waals surface area contributed by atoms with Crippen LogP contribution >= 0.6 is 0 Å². The van der Waals surface area contributed by atoms with Gasteiger partial charge in [-0.3, -0.25) is 4.79 Å². The number of benzene rings is 1. The maximum atomic E-state index is 12.2. The summed E-state index contributed by atoms with van der Waals surface area (Å²) >= 11 is 0. The van der Waals surface area contributed by atoms with Gasteiger partial charge in [-0.2, -0.15) is 0 Å². The Labute approximate surface area is 115 Å². The van der Waals surface area contributed by atoms with E-state index in [1.165, 1.54) is 7.11 Å². The maximum Gasteiger partial charge on any atom is 0.326 e. The van der Waals surface area contributed by atoms with E-state index in [9.17, 15) is 9.59 Å². The number of para-hydroxylation sites is 1. The van der Waals surface area contributed by atoms with Crippen LogP contribution in [0.5, 0.6) is 0 Å². The van der Waals surface area contributed by atoms with Crippen molar-refractivity contribution in [1.29, 1.82) is 0 Å². The number of aromatic nitrogens is 1. The number of nitrogens with one attached hydrogen (secondary N) is 2. The molecule has 6 heteroatoms. The predicted octanol–water partition coefficient (Wildman–Crippen LogP) is 1.39. The molecule has 1 unspecified atom stereocenters. The summed E-state index contributed by atoms with van der Waals surface area (Å²) in [6.07, 6.45) is 1.80. The van der Waals surface area contributed by atoms with Crippen molar-refractivity contribution in [2.24, 2.45) is 0 Å². The Kier molecular flexibility index (Phi) is 4.37. The zero-order chi connectivity index (χ0) is 14.5. The molecule has 106 valence electrons. The largest absolute Gasteiger partial charge is 0.480 e. The number of hydrogen-bond donors (Lipinski definition) is 3. The van der Waals surface area contributed by atoms with E-state index in [1.807, 2.05) is 24.3 Å². The van der Waals surface area contributed by atoms with Gasteiger partial charge >= 0.3 is 5.97 Å². The highest BCUT2D eigenvalue weighted by Gasteiger charge is 2.21. The second kappa shape index (κ2) is 6.21. The van der Waals surface area contributed by atoms with Gasteiger partial charge in [0, 0.05) is 37.2 Å². The molecule has 20 heavy (non-hydrogen) atoms. The molecule has 3 N–H and O–H groups in total. The summed E-state index contributed by atoms with van der Waals surface area (Å²) in [5, 5.41) is 12.4. The third-order valence-corrected chi connectivity index (χ3v) is 3.05. The van der Waals surface area contributed by atoms with Crippen LogP contribution in [0, 0.1) is 0 Å². The van der Waals surface area contributed by atoms with Gasteiger partial charge in [-0.15, -0.1) is 0 Å². The smallest absolute Gasteiger partial charge is 0.326 e. The first-order chi connectivity index (χ1) is 9.63. The number of ether oxygens (including phenoxy) is 1. The highest BCUT2D eigenvalue weighted by Crippen LogP contribution is 2.17. The minimum Gasteiger partial charge on any atom is -0.480 e. The lowest BCUT2D eigenvalue weighted by atomic mass is 10.1. The van der Waals surface area contributed by atoms with Crippen LogP contribution in [0.3, 0.4) is 0 Å². The molecule has 0 fully saturated rings. The van der Waals surface area contributed by atoms with Crippen LogP contribution in [0.4, 0.5) is 0 Å². The van der Waals surface area contributed by atoms with E-state index in [4.69, 9.17) is 9.84 Å². The number of rotatable bonds is 6. The SMILES string of the molecule is COCCC(NC(=O)c1c[nH]c2ccccc12)C(=O)O. The van der Waals surface area contributed by atoms with E-state index in [-0.39, 0.29) is 13.0 Å². The van der Waals surface area contributed by atoms with Crippen molar-refractivity contribution in [1.82, 2.24) is 10.3 Å². The van der Waals surface area contributed by atoms with Gasteiger partial charge in [-0.25, -0.2) is 4.79 Å². The molecule has 0 aliphatic carbocycles. The lowest BCUT2D eigenvalue weighted by Gasteiger charge is -2.13. The second-order valence-electron chi connectivity index (χ2n) is 4.39. The monoisotopic (exact) mass is 276 g/mol. The molecule has 0 aliphatic rings. The molecule has 1 heterocycles. The average Bonchev–Trinajstić information content (AvgIpc) is 2.87. The summed E-state index contributed by atoms with van der Waals surface area (Å²) in [5.41, 5.74) is 1.27. The standard InChI is InChI=1S/C14H16N2O4/c1-20-7-6-12(14(18)19)16-13(17)10-8-15-11-5-3-2-4-9(10)11/h2-5,8,12,15H,6-7H2,1H3,(H,16,17)(H,18,19). The number of hydrogen-bond acceptors (Lipinski definition) is 3. The fourth-order valence-corrected chi connectivity index (χ4v) is 1.99. The van der Waals surface area contributed by atoms with Crippen LogP contribution in [-0.2, 0) is 9.53 Å². The van der Waals surface area contributed by atoms with E-state index in [0.717, 1.165) is 10.9 Å². The topological polar surface area (TPSA) is 91.4 Å². The van der Waals surface area contributed by atoms with E-state index in [2.05, 4.69) is 10.3 Å². The van der Waals surface area contributed by atoms with Gasteiger partial charge < -0.3 is 20.1 Å². The Morgan fingerprint density at radius 2 is 2.15 bits per heavy atom. The lowest BCUT2D eigenvalue weighted by molar-refractivity contribution is -0.139. The van der Waals surface area contributed by atoms with Crippen LogP contribution in [0.1, 0.15) is 16.8 Å². The molecule has 0 spiro atoms. The number of carbonyl (C=O) groups excluding carboxylic acids is 1. The summed E-state index contributed by atoms with van der Waals surface area (Å²) in [6, 6.07) is 6.39. The lowest BCUT2D eigenvalue weighted by Crippen LogP contribution is -2.41. The summed E-state index contributed by atoms with van der Waals surface area (Å²) in [7, 11) is 1.49. The van der Waals surface area contributed by atoms with Crippen molar-refractivity contribution < 1.29 is 19.4 Å². The number of H-pyrrole nitrogens is 1. The number of aliphatic carboxylic acids is 1. The minimum absolute atomic E-state index is 0.222. The molecule has 0 saturated carbocycles. The molecule has 1 aromatic carbocycles. The van der Waals surface area contributed by atoms with Gasteiger partial charge in [0.1, 0.15) is 6.04 Å². The second-order valence-corrected chi connectivity index (χ2v) is 4.39. The molecule has 1 amide bonds. The van der Waals surface area contributed by atoms with Gasteiger partial charge in [-0.1, -0.05) is 18.2 Å². The first-order valence-corrected chi connectivity index (χ1v) is 6.22. The Bertz CT molecular complexity index is 620. The van der Waals surface area contributed by atoms with Gasteiger partial charge in [0.15, 0.2) is 0 Å². The van der Waals surface area contributed by atoms with Crippen LogP contribution in [0.25, 0.3) is 10.9 Å². The van der Waals surface area contributed by atoms with Crippen LogP contribution < -0.4 is 5.32 Å². The van der Waals surface area contributed by atoms with E-state index < -0.39 is 17.9 Å². The molecular formula is C14H16N2O4. The number of carbonyl (C=O) groups is 2. The number of aromatic amines is 1. The zero-order valence-electron chi connectivity index (χ0n) is 11.1. The van der Waals surface area contributed by atoms with Crippen LogP contribution in [0.2, 0.25) is 0 Å². The number of carboxylic acid groups (broad SMARTS) is 1. The summed E-state index contributed by atoms with van der Waals surface area (Å²) in [6.45, 7) is 0.269. The first-order valence-electron chi connectivity index (χ1n) is 6.22. The third-order valence-electron chi connectivity index (χ3n) is 3.05. The Balaban J connectivity index is 2.16.